The molecule has 2 rings (SSSR count). The summed E-state index contributed by atoms with van der Waals surface area (Å²) < 4.78 is 0. The van der Waals surface area contributed by atoms with Gasteiger partial charge in [0.2, 0.25) is 0 Å². The molecule has 2 aromatic carbocycles. The maximum absolute atomic E-state index is 3.71. The van der Waals surface area contributed by atoms with Crippen LogP contribution in [0.1, 0.15) is 43.0 Å². The van der Waals surface area contributed by atoms with E-state index in [0.29, 0.717) is 0 Å². The SMILES string of the molecule is Cc1cc(Nc2ccc(C(C)(C)C)cc2)c(C)c(C)c1[Si]. The Morgan fingerprint density at radius 2 is 1.48 bits per heavy atom. The number of rotatable bonds is 2. The van der Waals surface area contributed by atoms with E-state index in [-0.39, 0.29) is 5.41 Å². The van der Waals surface area contributed by atoms with Gasteiger partial charge in [0, 0.05) is 11.4 Å². The Bertz CT molecular complexity index is 649. The first kappa shape index (κ1) is 15.8. The summed E-state index contributed by atoms with van der Waals surface area (Å²) in [5.41, 5.74) is 7.68. The molecule has 0 bridgehead atoms. The van der Waals surface area contributed by atoms with E-state index in [4.69, 9.17) is 0 Å². The van der Waals surface area contributed by atoms with Crippen molar-refractivity contribution in [3.8, 4) is 0 Å². The van der Waals surface area contributed by atoms with Crippen molar-refractivity contribution in [3.63, 3.8) is 0 Å². The number of hydrogen-bond donors (Lipinski definition) is 1. The summed E-state index contributed by atoms with van der Waals surface area (Å²) in [7, 11) is 3.71. The molecule has 0 saturated carbocycles. The largest absolute Gasteiger partial charge is 0.355 e. The summed E-state index contributed by atoms with van der Waals surface area (Å²) >= 11 is 0. The van der Waals surface area contributed by atoms with Gasteiger partial charge in [-0.15, -0.1) is 0 Å². The second-order valence-electron chi connectivity index (χ2n) is 6.82. The van der Waals surface area contributed by atoms with Crippen LogP contribution in [0.5, 0.6) is 0 Å². The fraction of sp³-hybridized carbons (Fsp3) is 0.368. The monoisotopic (exact) mass is 294 g/mol. The molecule has 3 radical (unpaired) electrons. The standard InChI is InChI=1S/C19H24NSi/c1-12-11-17(13(2)14(3)18(12)21)20-16-9-7-15(8-10-16)19(4,5)6/h7-11,20H,1-6H3. The number of aryl methyl sites for hydroxylation is 1. The molecule has 21 heavy (non-hydrogen) atoms. The number of hydrogen-bond acceptors (Lipinski definition) is 1. The lowest BCUT2D eigenvalue weighted by molar-refractivity contribution is 0.590. The van der Waals surface area contributed by atoms with Gasteiger partial charge in [0.05, 0.1) is 10.2 Å². The van der Waals surface area contributed by atoms with Gasteiger partial charge in [-0.05, 0) is 61.1 Å². The smallest absolute Gasteiger partial charge is 0.0719 e. The van der Waals surface area contributed by atoms with Crippen molar-refractivity contribution in [3.05, 3.63) is 52.6 Å². The molecule has 0 aromatic heterocycles. The van der Waals surface area contributed by atoms with Gasteiger partial charge in [-0.3, -0.25) is 0 Å². The number of benzene rings is 2. The summed E-state index contributed by atoms with van der Waals surface area (Å²) in [6.45, 7) is 13.1. The Kier molecular flexibility index (Phi) is 4.29. The molecule has 2 heteroatoms. The number of nitrogens with one attached hydrogen (secondary N) is 1. The maximum Gasteiger partial charge on any atom is 0.0719 e. The van der Waals surface area contributed by atoms with Gasteiger partial charge in [-0.1, -0.05) is 43.7 Å². The molecule has 2 aromatic rings. The summed E-state index contributed by atoms with van der Waals surface area (Å²) in [5, 5.41) is 4.73. The van der Waals surface area contributed by atoms with E-state index >= 15 is 0 Å². The molecule has 0 aliphatic rings. The number of anilines is 2. The zero-order valence-corrected chi connectivity index (χ0v) is 14.9. The lowest BCUT2D eigenvalue weighted by Gasteiger charge is -2.20. The van der Waals surface area contributed by atoms with Crippen molar-refractivity contribution in [1.82, 2.24) is 0 Å². The third-order valence-corrected chi connectivity index (χ3v) is 4.90. The highest BCUT2D eigenvalue weighted by molar-refractivity contribution is 6.34. The fourth-order valence-corrected chi connectivity index (χ4v) is 2.68. The maximum atomic E-state index is 3.71. The zero-order valence-electron chi connectivity index (χ0n) is 13.9. The van der Waals surface area contributed by atoms with Crippen molar-refractivity contribution in [2.24, 2.45) is 0 Å². The average molecular weight is 294 g/mol. The van der Waals surface area contributed by atoms with Crippen molar-refractivity contribution in [1.29, 1.82) is 0 Å². The topological polar surface area (TPSA) is 12.0 Å². The van der Waals surface area contributed by atoms with Crippen LogP contribution in [-0.2, 0) is 5.41 Å². The van der Waals surface area contributed by atoms with Crippen molar-refractivity contribution in [2.75, 3.05) is 5.32 Å². The Morgan fingerprint density at radius 3 is 2.00 bits per heavy atom. The van der Waals surface area contributed by atoms with Crippen LogP contribution in [0.2, 0.25) is 0 Å². The molecule has 0 spiro atoms. The van der Waals surface area contributed by atoms with Crippen LogP contribution < -0.4 is 10.5 Å². The van der Waals surface area contributed by atoms with Crippen molar-refractivity contribution in [2.45, 2.75) is 47.0 Å². The molecule has 0 atom stereocenters. The lowest BCUT2D eigenvalue weighted by atomic mass is 9.87. The van der Waals surface area contributed by atoms with E-state index < -0.39 is 0 Å². The second kappa shape index (κ2) is 5.68. The normalized spacial score (nSPS) is 11.6. The molecule has 1 N–H and O–H groups in total. The second-order valence-corrected chi connectivity index (χ2v) is 7.32. The molecule has 0 amide bonds. The quantitative estimate of drug-likeness (QED) is 0.807. The fourth-order valence-electron chi connectivity index (χ4n) is 2.42. The van der Waals surface area contributed by atoms with E-state index in [0.717, 1.165) is 5.69 Å². The molecule has 0 saturated heterocycles. The molecule has 109 valence electrons. The predicted octanol–water partition coefficient (Wildman–Crippen LogP) is 4.45. The first-order valence-electron chi connectivity index (χ1n) is 7.40. The third kappa shape index (κ3) is 3.38. The van der Waals surface area contributed by atoms with E-state index in [2.05, 4.69) is 87.4 Å². The zero-order chi connectivity index (χ0) is 15.8. The van der Waals surface area contributed by atoms with Crippen LogP contribution in [-0.4, -0.2) is 10.2 Å². The van der Waals surface area contributed by atoms with Gasteiger partial charge in [0.15, 0.2) is 0 Å². The van der Waals surface area contributed by atoms with Crippen molar-refractivity contribution >= 4 is 26.8 Å². The van der Waals surface area contributed by atoms with E-state index in [9.17, 15) is 0 Å². The average Bonchev–Trinajstić information content (AvgIpc) is 2.42. The van der Waals surface area contributed by atoms with Gasteiger partial charge in [-0.2, -0.15) is 0 Å². The Balaban J connectivity index is 2.31. The molecule has 0 fully saturated rings. The minimum absolute atomic E-state index is 0.193. The van der Waals surface area contributed by atoms with Crippen LogP contribution in [0.25, 0.3) is 0 Å². The van der Waals surface area contributed by atoms with Crippen LogP contribution >= 0.6 is 0 Å². The Morgan fingerprint density at radius 1 is 0.905 bits per heavy atom. The van der Waals surface area contributed by atoms with Gasteiger partial charge in [0.25, 0.3) is 0 Å². The van der Waals surface area contributed by atoms with E-state index in [1.807, 2.05) is 0 Å². The van der Waals surface area contributed by atoms with E-state index in [1.165, 1.54) is 33.1 Å². The van der Waals surface area contributed by atoms with Gasteiger partial charge in [-0.25, -0.2) is 0 Å². The van der Waals surface area contributed by atoms with Crippen molar-refractivity contribution < 1.29 is 0 Å². The van der Waals surface area contributed by atoms with Gasteiger partial charge < -0.3 is 5.32 Å². The molecule has 1 nitrogen and oxygen atoms in total. The molecule has 0 aliphatic heterocycles. The van der Waals surface area contributed by atoms with Crippen LogP contribution in [0.4, 0.5) is 11.4 Å². The summed E-state index contributed by atoms with van der Waals surface area (Å²) in [6, 6.07) is 10.9. The highest BCUT2D eigenvalue weighted by atomic mass is 28.1. The molecule has 0 unspecified atom stereocenters. The summed E-state index contributed by atoms with van der Waals surface area (Å²) in [6.07, 6.45) is 0. The minimum Gasteiger partial charge on any atom is -0.355 e. The van der Waals surface area contributed by atoms with Crippen LogP contribution in [0, 0.1) is 20.8 Å². The van der Waals surface area contributed by atoms with Crippen LogP contribution in [0.3, 0.4) is 0 Å². The van der Waals surface area contributed by atoms with Gasteiger partial charge in [0.1, 0.15) is 0 Å². The lowest BCUT2D eigenvalue weighted by Crippen LogP contribution is -2.14. The molecular formula is C19H24NSi. The highest BCUT2D eigenvalue weighted by Crippen LogP contribution is 2.27. The van der Waals surface area contributed by atoms with Gasteiger partial charge >= 0.3 is 0 Å². The Hall–Kier alpha value is -1.54. The summed E-state index contributed by atoms with van der Waals surface area (Å²) in [5.74, 6) is 0. The predicted molar refractivity (Wildman–Crippen MR) is 94.5 cm³/mol. The summed E-state index contributed by atoms with van der Waals surface area (Å²) in [4.78, 5) is 0. The first-order chi connectivity index (χ1) is 9.70. The molecule has 0 aliphatic carbocycles. The third-order valence-electron chi connectivity index (χ3n) is 4.13. The highest BCUT2D eigenvalue weighted by Gasteiger charge is 2.13. The van der Waals surface area contributed by atoms with E-state index in [1.54, 1.807) is 0 Å². The minimum atomic E-state index is 0.193. The molecule has 0 heterocycles. The Labute approximate surface area is 132 Å². The van der Waals surface area contributed by atoms with Crippen LogP contribution in [0.15, 0.2) is 30.3 Å². The molecular weight excluding hydrogens is 270 g/mol. The first-order valence-corrected chi connectivity index (χ1v) is 7.90.